The Morgan fingerprint density at radius 3 is 2.50 bits per heavy atom. The minimum atomic E-state index is 0.681. The number of nitrogens with zero attached hydrogens (tertiary/aromatic N) is 7. The predicted octanol–water partition coefficient (Wildman–Crippen LogP) is 3.27. The van der Waals surface area contributed by atoms with Gasteiger partial charge in [-0.1, -0.05) is 11.2 Å². The van der Waals surface area contributed by atoms with Gasteiger partial charge in [-0.25, -0.2) is 9.97 Å². The van der Waals surface area contributed by atoms with Gasteiger partial charge in [-0.2, -0.15) is 4.98 Å². The summed E-state index contributed by atoms with van der Waals surface area (Å²) in [4.78, 5) is 24.0. The van der Waals surface area contributed by atoms with Crippen molar-refractivity contribution in [2.45, 2.75) is 20.0 Å². The highest BCUT2D eigenvalue weighted by atomic mass is 32.1. The maximum atomic E-state index is 5.52. The first-order valence-electron chi connectivity index (χ1n) is 11.6. The van der Waals surface area contributed by atoms with Crippen LogP contribution in [0.1, 0.15) is 17.5 Å². The highest BCUT2D eigenvalue weighted by Gasteiger charge is 2.25. The first-order valence-corrected chi connectivity index (χ1v) is 13.4. The van der Waals surface area contributed by atoms with Crippen molar-refractivity contribution in [1.29, 1.82) is 0 Å². The van der Waals surface area contributed by atoms with Crippen LogP contribution in [0.4, 0.5) is 5.82 Å². The van der Waals surface area contributed by atoms with Crippen LogP contribution in [-0.2, 0) is 17.8 Å². The molecule has 0 aliphatic carbocycles. The third-order valence-corrected chi connectivity index (χ3v) is 8.09. The van der Waals surface area contributed by atoms with Crippen molar-refractivity contribution in [3.05, 3.63) is 40.4 Å². The van der Waals surface area contributed by atoms with Crippen LogP contribution in [0, 0.1) is 6.92 Å². The lowest BCUT2D eigenvalue weighted by atomic mass is 10.1. The summed E-state index contributed by atoms with van der Waals surface area (Å²) in [5.41, 5.74) is 1.24. The van der Waals surface area contributed by atoms with E-state index in [1.54, 1.807) is 22.7 Å². The van der Waals surface area contributed by atoms with Crippen LogP contribution in [0.3, 0.4) is 0 Å². The van der Waals surface area contributed by atoms with E-state index in [0.29, 0.717) is 18.3 Å². The van der Waals surface area contributed by atoms with E-state index in [1.807, 2.05) is 6.92 Å². The number of rotatable bonds is 6. The molecule has 2 fully saturated rings. The van der Waals surface area contributed by atoms with Crippen molar-refractivity contribution in [2.75, 3.05) is 57.4 Å². The van der Waals surface area contributed by atoms with Gasteiger partial charge in [0.15, 0.2) is 5.82 Å². The van der Waals surface area contributed by atoms with Crippen molar-refractivity contribution < 1.29 is 9.26 Å². The van der Waals surface area contributed by atoms with Gasteiger partial charge in [-0.15, -0.1) is 22.7 Å². The molecule has 4 aromatic heterocycles. The number of aromatic nitrogens is 4. The zero-order chi connectivity index (χ0) is 22.9. The van der Waals surface area contributed by atoms with Gasteiger partial charge < -0.3 is 14.2 Å². The Morgan fingerprint density at radius 2 is 1.76 bits per heavy atom. The Bertz CT molecular complexity index is 1240. The number of anilines is 1. The van der Waals surface area contributed by atoms with Gasteiger partial charge in [-0.3, -0.25) is 9.80 Å². The molecule has 2 saturated heterocycles. The van der Waals surface area contributed by atoms with Gasteiger partial charge in [-0.05, 0) is 18.4 Å². The third kappa shape index (κ3) is 4.58. The average Bonchev–Trinajstić information content (AvgIpc) is 3.61. The van der Waals surface area contributed by atoms with E-state index in [4.69, 9.17) is 19.2 Å². The maximum Gasteiger partial charge on any atom is 0.240 e. The SMILES string of the molecule is Cc1noc(CN2CCN(c3nc(CN4CCOCC4)nc4scc(-c5cccs5)c34)CC2)n1. The summed E-state index contributed by atoms with van der Waals surface area (Å²) >= 11 is 3.48. The lowest BCUT2D eigenvalue weighted by molar-refractivity contribution is 0.0331. The molecule has 6 rings (SSSR count). The summed E-state index contributed by atoms with van der Waals surface area (Å²) in [6, 6.07) is 4.29. The summed E-state index contributed by atoms with van der Waals surface area (Å²) in [5.74, 6) is 3.32. The first-order chi connectivity index (χ1) is 16.7. The number of ether oxygens (including phenoxy) is 1. The van der Waals surface area contributed by atoms with E-state index in [9.17, 15) is 0 Å². The number of morpholine rings is 1. The van der Waals surface area contributed by atoms with Crippen LogP contribution in [0.15, 0.2) is 27.4 Å². The quantitative estimate of drug-likeness (QED) is 0.398. The second kappa shape index (κ2) is 9.67. The molecule has 9 nitrogen and oxygen atoms in total. The molecular formula is C23H27N7O2S2. The van der Waals surface area contributed by atoms with Gasteiger partial charge in [0.05, 0.1) is 31.7 Å². The minimum absolute atomic E-state index is 0.681. The van der Waals surface area contributed by atoms with Crippen molar-refractivity contribution in [2.24, 2.45) is 0 Å². The summed E-state index contributed by atoms with van der Waals surface area (Å²) in [6.45, 7) is 10.3. The second-order valence-electron chi connectivity index (χ2n) is 8.66. The van der Waals surface area contributed by atoms with Gasteiger partial charge in [0, 0.05) is 55.1 Å². The van der Waals surface area contributed by atoms with Crippen molar-refractivity contribution in [3.8, 4) is 10.4 Å². The first kappa shape index (κ1) is 22.1. The van der Waals surface area contributed by atoms with E-state index < -0.39 is 0 Å². The highest BCUT2D eigenvalue weighted by molar-refractivity contribution is 7.18. The summed E-state index contributed by atoms with van der Waals surface area (Å²) in [5, 5.41) is 9.46. The van der Waals surface area contributed by atoms with Crippen molar-refractivity contribution in [1.82, 2.24) is 29.9 Å². The second-order valence-corrected chi connectivity index (χ2v) is 10.5. The Balaban J connectivity index is 1.28. The fraction of sp³-hybridized carbons (Fsp3) is 0.478. The molecule has 0 N–H and O–H groups in total. The number of hydrogen-bond donors (Lipinski definition) is 0. The fourth-order valence-electron chi connectivity index (χ4n) is 4.55. The molecule has 4 aromatic rings. The van der Waals surface area contributed by atoms with Crippen molar-refractivity contribution in [3.63, 3.8) is 0 Å². The molecule has 0 radical (unpaired) electrons. The molecule has 0 amide bonds. The molecule has 0 unspecified atom stereocenters. The lowest BCUT2D eigenvalue weighted by Crippen LogP contribution is -2.46. The molecule has 0 aromatic carbocycles. The zero-order valence-corrected chi connectivity index (χ0v) is 20.8. The Morgan fingerprint density at radius 1 is 0.941 bits per heavy atom. The molecule has 0 saturated carbocycles. The Hall–Kier alpha value is -2.44. The Labute approximate surface area is 206 Å². The van der Waals surface area contributed by atoms with Crippen LogP contribution in [-0.4, -0.2) is 82.4 Å². The smallest absolute Gasteiger partial charge is 0.240 e. The van der Waals surface area contributed by atoms with Gasteiger partial charge in [0.1, 0.15) is 16.5 Å². The molecule has 0 spiro atoms. The van der Waals surface area contributed by atoms with E-state index >= 15 is 0 Å². The molecule has 178 valence electrons. The third-order valence-electron chi connectivity index (χ3n) is 6.32. The average molecular weight is 498 g/mol. The van der Waals surface area contributed by atoms with E-state index in [-0.39, 0.29) is 0 Å². The number of hydrogen-bond acceptors (Lipinski definition) is 11. The van der Waals surface area contributed by atoms with Crippen LogP contribution in [0.2, 0.25) is 0 Å². The summed E-state index contributed by atoms with van der Waals surface area (Å²) in [7, 11) is 0. The standard InChI is InChI=1S/C23H27N7O2S2/c1-16-24-20(32-27-16)14-28-4-6-30(7-5-28)22-21-17(18-3-2-12-33-18)15-34-23(21)26-19(25-22)13-29-8-10-31-11-9-29/h2-3,12,15H,4-11,13-14H2,1H3. The zero-order valence-electron chi connectivity index (χ0n) is 19.1. The predicted molar refractivity (Wildman–Crippen MR) is 133 cm³/mol. The molecule has 11 heteroatoms. The monoisotopic (exact) mass is 497 g/mol. The fourth-order valence-corrected chi connectivity index (χ4v) is 6.33. The van der Waals surface area contributed by atoms with E-state index in [1.165, 1.54) is 15.8 Å². The Kier molecular flexibility index (Phi) is 6.27. The molecule has 2 aliphatic heterocycles. The van der Waals surface area contributed by atoms with E-state index in [2.05, 4.69) is 47.7 Å². The number of piperazine rings is 1. The normalized spacial score (nSPS) is 18.2. The minimum Gasteiger partial charge on any atom is -0.379 e. The van der Waals surface area contributed by atoms with Crippen LogP contribution in [0.5, 0.6) is 0 Å². The number of aryl methyl sites for hydroxylation is 1. The molecule has 6 heterocycles. The summed E-state index contributed by atoms with van der Waals surface area (Å²) in [6.07, 6.45) is 0. The number of thiophene rings is 2. The maximum absolute atomic E-state index is 5.52. The topological polar surface area (TPSA) is 83.7 Å². The molecule has 34 heavy (non-hydrogen) atoms. The van der Waals surface area contributed by atoms with Gasteiger partial charge in [0.25, 0.3) is 0 Å². The van der Waals surface area contributed by atoms with Crippen LogP contribution in [0.25, 0.3) is 20.7 Å². The van der Waals surface area contributed by atoms with E-state index in [0.717, 1.165) is 75.5 Å². The van der Waals surface area contributed by atoms with Gasteiger partial charge >= 0.3 is 0 Å². The molecular weight excluding hydrogens is 470 g/mol. The van der Waals surface area contributed by atoms with Crippen LogP contribution < -0.4 is 4.90 Å². The summed E-state index contributed by atoms with van der Waals surface area (Å²) < 4.78 is 10.8. The van der Waals surface area contributed by atoms with Gasteiger partial charge in [0.2, 0.25) is 5.89 Å². The lowest BCUT2D eigenvalue weighted by Gasteiger charge is -2.35. The number of fused-ring (bicyclic) bond motifs is 1. The largest absolute Gasteiger partial charge is 0.379 e. The van der Waals surface area contributed by atoms with Crippen LogP contribution >= 0.6 is 22.7 Å². The molecule has 0 bridgehead atoms. The molecule has 0 atom stereocenters. The highest BCUT2D eigenvalue weighted by Crippen LogP contribution is 2.40. The van der Waals surface area contributed by atoms with Crippen molar-refractivity contribution >= 4 is 38.7 Å². The molecule has 2 aliphatic rings.